The van der Waals surface area contributed by atoms with E-state index in [2.05, 4.69) is 0 Å². The van der Waals surface area contributed by atoms with Gasteiger partial charge in [0.05, 0.1) is 22.6 Å². The smallest absolute Gasteiger partial charge is 0.354 e. The van der Waals surface area contributed by atoms with Gasteiger partial charge in [-0.25, -0.2) is 4.79 Å². The SMILES string of the molecule is CCOCCSC1=C(C(=O)O)N2C(=O)C[C@H]2S1. The molecule has 5 nitrogen and oxygen atoms in total. The van der Waals surface area contributed by atoms with Gasteiger partial charge in [-0.1, -0.05) is 11.8 Å². The molecule has 1 saturated heterocycles. The monoisotopic (exact) mass is 275 g/mol. The average molecular weight is 275 g/mol. The first kappa shape index (κ1) is 12.8. The molecule has 1 N–H and O–H groups in total. The molecule has 0 aliphatic carbocycles. The molecule has 2 heterocycles. The van der Waals surface area contributed by atoms with Gasteiger partial charge in [0.1, 0.15) is 0 Å². The Bertz CT molecular complexity index is 383. The van der Waals surface area contributed by atoms with Gasteiger partial charge in [-0.05, 0) is 6.92 Å². The third-order valence-electron chi connectivity index (χ3n) is 2.45. The van der Waals surface area contributed by atoms with Gasteiger partial charge >= 0.3 is 5.97 Å². The quantitative estimate of drug-likeness (QED) is 0.582. The molecule has 0 aromatic heterocycles. The molecular formula is C10H13NO4S2. The highest BCUT2D eigenvalue weighted by atomic mass is 32.2. The highest BCUT2D eigenvalue weighted by Crippen LogP contribution is 2.50. The minimum atomic E-state index is -1.02. The first-order valence-electron chi connectivity index (χ1n) is 5.32. The summed E-state index contributed by atoms with van der Waals surface area (Å²) in [6.07, 6.45) is 0.441. The number of fused-ring (bicyclic) bond motifs is 1. The lowest BCUT2D eigenvalue weighted by molar-refractivity contribution is -0.145. The molecule has 0 radical (unpaired) electrons. The van der Waals surface area contributed by atoms with Crippen LogP contribution >= 0.6 is 23.5 Å². The predicted octanol–water partition coefficient (Wildman–Crippen LogP) is 1.31. The molecule has 0 bridgehead atoms. The lowest BCUT2D eigenvalue weighted by Gasteiger charge is -2.33. The van der Waals surface area contributed by atoms with Crippen LogP contribution in [0.2, 0.25) is 0 Å². The van der Waals surface area contributed by atoms with Crippen molar-refractivity contribution in [3.8, 4) is 0 Å². The van der Waals surface area contributed by atoms with Crippen molar-refractivity contribution in [1.29, 1.82) is 0 Å². The maximum absolute atomic E-state index is 11.3. The summed E-state index contributed by atoms with van der Waals surface area (Å²) in [4.78, 5) is 23.8. The number of β-lactam (4-membered cyclic amide) rings is 1. The zero-order chi connectivity index (χ0) is 12.4. The summed E-state index contributed by atoms with van der Waals surface area (Å²) < 4.78 is 5.93. The third kappa shape index (κ3) is 2.46. The number of nitrogens with zero attached hydrogens (tertiary/aromatic N) is 1. The number of thioether (sulfide) groups is 2. The van der Waals surface area contributed by atoms with E-state index in [9.17, 15) is 9.59 Å². The number of aliphatic carboxylic acids is 1. The van der Waals surface area contributed by atoms with Crippen molar-refractivity contribution >= 4 is 35.4 Å². The Kier molecular flexibility index (Phi) is 4.01. The van der Waals surface area contributed by atoms with Crippen LogP contribution in [0.15, 0.2) is 9.93 Å². The normalized spacial score (nSPS) is 22.8. The molecule has 94 valence electrons. The number of hydrogen-bond donors (Lipinski definition) is 1. The van der Waals surface area contributed by atoms with E-state index in [0.29, 0.717) is 25.4 Å². The molecule has 0 aromatic carbocycles. The minimum Gasteiger partial charge on any atom is -0.477 e. The predicted molar refractivity (Wildman–Crippen MR) is 66.5 cm³/mol. The fourth-order valence-corrected chi connectivity index (χ4v) is 4.32. The maximum Gasteiger partial charge on any atom is 0.354 e. The van der Waals surface area contributed by atoms with Crippen LogP contribution in [0.3, 0.4) is 0 Å². The van der Waals surface area contributed by atoms with Crippen molar-refractivity contribution in [2.24, 2.45) is 0 Å². The molecule has 0 spiro atoms. The van der Waals surface area contributed by atoms with Crippen LogP contribution in [0.1, 0.15) is 13.3 Å². The Morgan fingerprint density at radius 1 is 1.71 bits per heavy atom. The van der Waals surface area contributed by atoms with E-state index in [1.54, 1.807) is 0 Å². The fourth-order valence-electron chi connectivity index (χ4n) is 1.66. The van der Waals surface area contributed by atoms with Crippen LogP contribution in [0, 0.1) is 0 Å². The Hall–Kier alpha value is -0.660. The molecule has 7 heteroatoms. The number of rotatable bonds is 6. The Labute approximate surface area is 108 Å². The molecule has 2 aliphatic heterocycles. The van der Waals surface area contributed by atoms with Gasteiger partial charge < -0.3 is 9.84 Å². The Morgan fingerprint density at radius 3 is 3.06 bits per heavy atom. The maximum atomic E-state index is 11.3. The second-order valence-corrected chi connectivity index (χ2v) is 6.08. The zero-order valence-electron chi connectivity index (χ0n) is 9.34. The number of carbonyl (C=O) groups is 2. The van der Waals surface area contributed by atoms with Crippen molar-refractivity contribution in [3.05, 3.63) is 9.93 Å². The minimum absolute atomic E-state index is 0.00296. The van der Waals surface area contributed by atoms with Crippen molar-refractivity contribution < 1.29 is 19.4 Å². The lowest BCUT2D eigenvalue weighted by atomic mass is 10.2. The molecule has 1 atom stereocenters. The average Bonchev–Trinajstić information content (AvgIpc) is 2.57. The van der Waals surface area contributed by atoms with E-state index < -0.39 is 5.97 Å². The zero-order valence-corrected chi connectivity index (χ0v) is 11.0. The van der Waals surface area contributed by atoms with Crippen LogP contribution in [-0.2, 0) is 14.3 Å². The Balaban J connectivity index is 1.99. The number of carboxylic acids is 1. The van der Waals surface area contributed by atoms with E-state index >= 15 is 0 Å². The van der Waals surface area contributed by atoms with Gasteiger partial charge in [0.2, 0.25) is 5.91 Å². The van der Waals surface area contributed by atoms with E-state index in [0.717, 1.165) is 4.24 Å². The highest BCUT2D eigenvalue weighted by molar-refractivity contribution is 8.22. The topological polar surface area (TPSA) is 66.8 Å². The second-order valence-electron chi connectivity index (χ2n) is 3.53. The molecule has 2 aliphatic rings. The Morgan fingerprint density at radius 2 is 2.47 bits per heavy atom. The lowest BCUT2D eigenvalue weighted by Crippen LogP contribution is -2.48. The molecule has 0 unspecified atom stereocenters. The third-order valence-corrected chi connectivity index (χ3v) is 4.98. The van der Waals surface area contributed by atoms with E-state index in [1.165, 1.54) is 28.4 Å². The molecule has 1 fully saturated rings. The number of carbonyl (C=O) groups excluding carboxylic acids is 1. The highest BCUT2D eigenvalue weighted by Gasteiger charge is 2.48. The van der Waals surface area contributed by atoms with Crippen LogP contribution < -0.4 is 0 Å². The van der Waals surface area contributed by atoms with Crippen molar-refractivity contribution in [3.63, 3.8) is 0 Å². The summed E-state index contributed by atoms with van der Waals surface area (Å²) in [6.45, 7) is 3.17. The number of ether oxygens (including phenoxy) is 1. The molecule has 1 amide bonds. The summed E-state index contributed by atoms with van der Waals surface area (Å²) >= 11 is 2.92. The van der Waals surface area contributed by atoms with Gasteiger partial charge in [0, 0.05) is 12.4 Å². The summed E-state index contributed by atoms with van der Waals surface area (Å²) in [5, 5.41) is 9.12. The molecular weight excluding hydrogens is 262 g/mol. The summed E-state index contributed by atoms with van der Waals surface area (Å²) in [7, 11) is 0. The molecule has 2 rings (SSSR count). The first-order chi connectivity index (χ1) is 8.15. The van der Waals surface area contributed by atoms with Gasteiger partial charge in [-0.15, -0.1) is 11.8 Å². The first-order valence-corrected chi connectivity index (χ1v) is 7.18. The van der Waals surface area contributed by atoms with Gasteiger partial charge in [0.15, 0.2) is 5.70 Å². The number of amides is 1. The van der Waals surface area contributed by atoms with E-state index in [1.807, 2.05) is 6.92 Å². The van der Waals surface area contributed by atoms with Crippen molar-refractivity contribution in [1.82, 2.24) is 4.90 Å². The molecule has 0 saturated carbocycles. The summed E-state index contributed by atoms with van der Waals surface area (Å²) in [6, 6.07) is 0. The van der Waals surface area contributed by atoms with E-state index in [-0.39, 0.29) is 17.0 Å². The summed E-state index contributed by atoms with van der Waals surface area (Å²) in [5.74, 6) is -0.408. The van der Waals surface area contributed by atoms with Gasteiger partial charge in [-0.3, -0.25) is 9.69 Å². The number of hydrogen-bond acceptors (Lipinski definition) is 5. The van der Waals surface area contributed by atoms with E-state index in [4.69, 9.17) is 9.84 Å². The molecule has 17 heavy (non-hydrogen) atoms. The second kappa shape index (κ2) is 5.32. The van der Waals surface area contributed by atoms with Crippen LogP contribution in [0.4, 0.5) is 0 Å². The number of carboxylic acid groups (broad SMARTS) is 1. The van der Waals surface area contributed by atoms with Crippen LogP contribution in [0.25, 0.3) is 0 Å². The van der Waals surface area contributed by atoms with Crippen LogP contribution in [0.5, 0.6) is 0 Å². The van der Waals surface area contributed by atoms with Gasteiger partial charge in [0.25, 0.3) is 0 Å². The fraction of sp³-hybridized carbons (Fsp3) is 0.600. The largest absolute Gasteiger partial charge is 0.477 e. The molecule has 0 aromatic rings. The van der Waals surface area contributed by atoms with Crippen molar-refractivity contribution in [2.75, 3.05) is 19.0 Å². The van der Waals surface area contributed by atoms with Crippen LogP contribution in [-0.4, -0.2) is 46.2 Å². The van der Waals surface area contributed by atoms with Gasteiger partial charge in [-0.2, -0.15) is 0 Å². The van der Waals surface area contributed by atoms with Crippen molar-refractivity contribution in [2.45, 2.75) is 18.7 Å². The standard InChI is InChI=1S/C10H13NO4S2/c1-2-15-3-4-16-10-8(9(13)14)11-6(12)5-7(11)17-10/h7H,2-5H2,1H3,(H,13,14)/t7-/m1/s1. The summed E-state index contributed by atoms with van der Waals surface area (Å²) in [5.41, 5.74) is 0.151.